The van der Waals surface area contributed by atoms with Crippen molar-refractivity contribution in [3.63, 3.8) is 0 Å². The second-order valence-electron chi connectivity index (χ2n) is 6.04. The third-order valence-corrected chi connectivity index (χ3v) is 4.39. The van der Waals surface area contributed by atoms with Crippen molar-refractivity contribution in [2.24, 2.45) is 0 Å². The first-order chi connectivity index (χ1) is 11.3. The van der Waals surface area contributed by atoms with Gasteiger partial charge in [-0.2, -0.15) is 4.98 Å². The van der Waals surface area contributed by atoms with Gasteiger partial charge in [0.25, 0.3) is 5.89 Å². The first kappa shape index (κ1) is 14.5. The van der Waals surface area contributed by atoms with Crippen molar-refractivity contribution in [1.82, 2.24) is 25.0 Å². The molecule has 122 valence electrons. The Balaban J connectivity index is 1.55. The zero-order valence-corrected chi connectivity index (χ0v) is 12.9. The summed E-state index contributed by atoms with van der Waals surface area (Å²) >= 11 is 0. The first-order valence-electron chi connectivity index (χ1n) is 8.07. The number of anilines is 1. The minimum absolute atomic E-state index is 0.199. The average Bonchev–Trinajstić information content (AvgIpc) is 3.33. The molecule has 2 fully saturated rings. The minimum Gasteiger partial charge on any atom is -0.395 e. The van der Waals surface area contributed by atoms with Crippen LogP contribution in [-0.4, -0.2) is 69.4 Å². The van der Waals surface area contributed by atoms with E-state index in [9.17, 15) is 0 Å². The first-order valence-corrected chi connectivity index (χ1v) is 8.07. The van der Waals surface area contributed by atoms with Crippen molar-refractivity contribution in [2.45, 2.75) is 18.8 Å². The lowest BCUT2D eigenvalue weighted by Gasteiger charge is -2.35. The molecule has 4 rings (SSSR count). The molecule has 1 saturated heterocycles. The van der Waals surface area contributed by atoms with Crippen molar-refractivity contribution in [1.29, 1.82) is 0 Å². The van der Waals surface area contributed by atoms with Gasteiger partial charge >= 0.3 is 0 Å². The van der Waals surface area contributed by atoms with Crippen LogP contribution in [0.25, 0.3) is 11.5 Å². The molecular weight excluding hydrogens is 296 g/mol. The van der Waals surface area contributed by atoms with E-state index < -0.39 is 0 Å². The van der Waals surface area contributed by atoms with E-state index in [2.05, 4.69) is 29.9 Å². The lowest BCUT2D eigenvalue weighted by molar-refractivity contribution is 0.188. The number of piperazine rings is 1. The summed E-state index contributed by atoms with van der Waals surface area (Å²) in [6, 6.07) is 0. The Labute approximate surface area is 134 Å². The van der Waals surface area contributed by atoms with E-state index in [1.54, 1.807) is 12.5 Å². The van der Waals surface area contributed by atoms with Crippen LogP contribution in [0.1, 0.15) is 24.6 Å². The standard InChI is InChI=1S/C15H20N6O2/c22-8-7-20-3-5-21(6-4-20)14-12(9-16-10-17-14)15-18-13(19-23-15)11-1-2-11/h9-11,22H,1-8H2. The van der Waals surface area contributed by atoms with E-state index in [1.807, 2.05) is 0 Å². The van der Waals surface area contributed by atoms with Gasteiger partial charge in [0.05, 0.1) is 6.61 Å². The van der Waals surface area contributed by atoms with E-state index in [1.165, 1.54) is 0 Å². The van der Waals surface area contributed by atoms with Crippen LogP contribution < -0.4 is 4.90 Å². The average molecular weight is 316 g/mol. The van der Waals surface area contributed by atoms with E-state index in [0.29, 0.717) is 11.8 Å². The summed E-state index contributed by atoms with van der Waals surface area (Å²) in [5.41, 5.74) is 0.794. The van der Waals surface area contributed by atoms with Gasteiger partial charge in [-0.25, -0.2) is 9.97 Å². The number of aromatic nitrogens is 4. The maximum absolute atomic E-state index is 9.04. The van der Waals surface area contributed by atoms with Gasteiger partial charge < -0.3 is 14.5 Å². The summed E-state index contributed by atoms with van der Waals surface area (Å²) in [6.07, 6.45) is 5.58. The van der Waals surface area contributed by atoms with Gasteiger partial charge in [0.1, 0.15) is 17.7 Å². The molecule has 23 heavy (non-hydrogen) atoms. The van der Waals surface area contributed by atoms with Gasteiger partial charge in [0.2, 0.25) is 0 Å². The predicted molar refractivity (Wildman–Crippen MR) is 83.0 cm³/mol. The molecule has 0 spiro atoms. The SMILES string of the molecule is OCCN1CCN(c2ncncc2-c2nc(C3CC3)no2)CC1. The fraction of sp³-hybridized carbons (Fsp3) is 0.600. The van der Waals surface area contributed by atoms with E-state index >= 15 is 0 Å². The van der Waals surface area contributed by atoms with Crippen LogP contribution in [0.3, 0.4) is 0 Å². The summed E-state index contributed by atoms with van der Waals surface area (Å²) in [4.78, 5) is 17.5. The van der Waals surface area contributed by atoms with Crippen LogP contribution in [0.15, 0.2) is 17.0 Å². The number of hydrogen-bond donors (Lipinski definition) is 1. The molecule has 0 amide bonds. The van der Waals surface area contributed by atoms with Gasteiger partial charge in [-0.3, -0.25) is 4.90 Å². The Bertz CT molecular complexity index is 663. The van der Waals surface area contributed by atoms with Gasteiger partial charge in [0.15, 0.2) is 5.82 Å². The monoisotopic (exact) mass is 316 g/mol. The molecule has 1 aliphatic carbocycles. The topological polar surface area (TPSA) is 91.4 Å². The molecule has 1 saturated carbocycles. The molecule has 0 bridgehead atoms. The van der Waals surface area contributed by atoms with Crippen LogP contribution in [-0.2, 0) is 0 Å². The van der Waals surface area contributed by atoms with Crippen molar-refractivity contribution < 1.29 is 9.63 Å². The third kappa shape index (κ3) is 3.04. The number of aliphatic hydroxyl groups is 1. The summed E-state index contributed by atoms with van der Waals surface area (Å²) in [6.45, 7) is 4.44. The highest BCUT2D eigenvalue weighted by Crippen LogP contribution is 2.39. The van der Waals surface area contributed by atoms with Crippen LogP contribution in [0.4, 0.5) is 5.82 Å². The van der Waals surface area contributed by atoms with Gasteiger partial charge in [-0.05, 0) is 12.8 Å². The zero-order valence-electron chi connectivity index (χ0n) is 12.9. The molecule has 0 aromatic carbocycles. The largest absolute Gasteiger partial charge is 0.395 e. The van der Waals surface area contributed by atoms with Crippen LogP contribution in [0.2, 0.25) is 0 Å². The van der Waals surface area contributed by atoms with Crippen LogP contribution in [0, 0.1) is 0 Å². The molecule has 8 nitrogen and oxygen atoms in total. The quantitative estimate of drug-likeness (QED) is 0.853. The van der Waals surface area contributed by atoms with E-state index in [4.69, 9.17) is 9.63 Å². The Kier molecular flexibility index (Phi) is 3.92. The highest BCUT2D eigenvalue weighted by atomic mass is 16.5. The summed E-state index contributed by atoms with van der Waals surface area (Å²) in [5.74, 6) is 2.60. The minimum atomic E-state index is 0.199. The number of rotatable bonds is 5. The predicted octanol–water partition coefficient (Wildman–Crippen LogP) is 0.518. The van der Waals surface area contributed by atoms with Gasteiger partial charge in [-0.1, -0.05) is 5.16 Å². The highest BCUT2D eigenvalue weighted by molar-refractivity contribution is 5.68. The Hall–Kier alpha value is -2.06. The van der Waals surface area contributed by atoms with Crippen molar-refractivity contribution in [3.8, 4) is 11.5 Å². The fourth-order valence-electron chi connectivity index (χ4n) is 2.90. The van der Waals surface area contributed by atoms with Gasteiger partial charge in [0, 0.05) is 44.8 Å². The van der Waals surface area contributed by atoms with Crippen molar-refractivity contribution >= 4 is 5.82 Å². The maximum atomic E-state index is 9.04. The number of nitrogens with zero attached hydrogens (tertiary/aromatic N) is 6. The third-order valence-electron chi connectivity index (χ3n) is 4.39. The summed E-state index contributed by atoms with van der Waals surface area (Å²) < 4.78 is 5.43. The summed E-state index contributed by atoms with van der Waals surface area (Å²) in [5, 5.41) is 13.1. The van der Waals surface area contributed by atoms with Crippen LogP contribution in [0.5, 0.6) is 0 Å². The van der Waals surface area contributed by atoms with Gasteiger partial charge in [-0.15, -0.1) is 0 Å². The zero-order chi connectivity index (χ0) is 15.6. The number of β-amino-alcohol motifs (C(OH)–C–C–N with tert-alkyl or cyclic N) is 1. The van der Waals surface area contributed by atoms with E-state index in [-0.39, 0.29) is 6.61 Å². The lowest BCUT2D eigenvalue weighted by atomic mass is 10.2. The smallest absolute Gasteiger partial charge is 0.263 e. The lowest BCUT2D eigenvalue weighted by Crippen LogP contribution is -2.47. The normalized spacial score (nSPS) is 19.3. The molecule has 2 aliphatic rings. The Morgan fingerprint density at radius 3 is 2.78 bits per heavy atom. The summed E-state index contributed by atoms with van der Waals surface area (Å²) in [7, 11) is 0. The molecule has 0 unspecified atom stereocenters. The Morgan fingerprint density at radius 2 is 2.04 bits per heavy atom. The molecule has 1 aliphatic heterocycles. The molecular formula is C15H20N6O2. The molecule has 3 heterocycles. The molecule has 8 heteroatoms. The maximum Gasteiger partial charge on any atom is 0.263 e. The van der Waals surface area contributed by atoms with E-state index in [0.717, 1.165) is 62.8 Å². The second kappa shape index (κ2) is 6.21. The Morgan fingerprint density at radius 1 is 1.22 bits per heavy atom. The number of aliphatic hydroxyl groups excluding tert-OH is 1. The fourth-order valence-corrected chi connectivity index (χ4v) is 2.90. The second-order valence-corrected chi connectivity index (χ2v) is 6.04. The van der Waals surface area contributed by atoms with Crippen LogP contribution >= 0.6 is 0 Å². The molecule has 0 radical (unpaired) electrons. The highest BCUT2D eigenvalue weighted by Gasteiger charge is 2.30. The molecule has 2 aromatic heterocycles. The molecule has 0 atom stereocenters. The van der Waals surface area contributed by atoms with Crippen molar-refractivity contribution in [2.75, 3.05) is 44.2 Å². The molecule has 1 N–H and O–H groups in total. The number of hydrogen-bond acceptors (Lipinski definition) is 8. The molecule has 2 aromatic rings. The van der Waals surface area contributed by atoms with Crippen molar-refractivity contribution in [3.05, 3.63) is 18.3 Å².